The monoisotopic (exact) mass is 373 g/mol. The van der Waals surface area contributed by atoms with Crippen LogP contribution in [0.1, 0.15) is 10.4 Å². The van der Waals surface area contributed by atoms with Crippen LogP contribution in [0.5, 0.6) is 11.5 Å². The van der Waals surface area contributed by atoms with Gasteiger partial charge in [0.15, 0.2) is 5.75 Å². The highest BCUT2D eigenvalue weighted by atomic mass is 79.9. The van der Waals surface area contributed by atoms with Gasteiger partial charge in [-0.15, -0.1) is 0 Å². The van der Waals surface area contributed by atoms with Gasteiger partial charge in [-0.3, -0.25) is 0 Å². The molecule has 0 fully saturated rings. The van der Waals surface area contributed by atoms with E-state index in [1.54, 1.807) is 0 Å². The van der Waals surface area contributed by atoms with Gasteiger partial charge < -0.3 is 15.2 Å². The van der Waals surface area contributed by atoms with Crippen molar-refractivity contribution < 1.29 is 18.7 Å². The molecule has 0 aliphatic heterocycles. The van der Waals surface area contributed by atoms with Crippen LogP contribution in [0.15, 0.2) is 34.8 Å². The number of rotatable bonds is 3. The molecule has 0 spiro atoms. The summed E-state index contributed by atoms with van der Waals surface area (Å²) in [5.41, 5.74) is 6.04. The van der Waals surface area contributed by atoms with Crippen molar-refractivity contribution in [3.63, 3.8) is 0 Å². The fourth-order valence-corrected chi connectivity index (χ4v) is 2.26. The zero-order valence-corrected chi connectivity index (χ0v) is 13.2. The molecule has 2 rings (SSSR count). The van der Waals surface area contributed by atoms with Crippen LogP contribution in [0.2, 0.25) is 5.02 Å². The molecule has 0 radical (unpaired) electrons. The maximum atomic E-state index is 13.2. The second kappa shape index (κ2) is 6.32. The third kappa shape index (κ3) is 3.46. The van der Waals surface area contributed by atoms with Gasteiger partial charge >= 0.3 is 5.97 Å². The maximum absolute atomic E-state index is 13.2. The van der Waals surface area contributed by atoms with Crippen molar-refractivity contribution in [2.45, 2.75) is 0 Å². The van der Waals surface area contributed by atoms with Crippen LogP contribution in [-0.2, 0) is 4.74 Å². The summed E-state index contributed by atoms with van der Waals surface area (Å²) < 4.78 is 23.7. The molecule has 0 atom stereocenters. The predicted molar refractivity (Wildman–Crippen MR) is 81.4 cm³/mol. The average Bonchev–Trinajstić information content (AvgIpc) is 2.44. The lowest BCUT2D eigenvalue weighted by Crippen LogP contribution is -2.05. The van der Waals surface area contributed by atoms with Crippen molar-refractivity contribution in [2.75, 3.05) is 12.8 Å². The smallest absolute Gasteiger partial charge is 0.341 e. The number of hydrogen-bond acceptors (Lipinski definition) is 4. The summed E-state index contributed by atoms with van der Waals surface area (Å²) in [7, 11) is 1.23. The predicted octanol–water partition coefficient (Wildman–Crippen LogP) is 4.40. The summed E-state index contributed by atoms with van der Waals surface area (Å²) in [4.78, 5) is 11.8. The quantitative estimate of drug-likeness (QED) is 0.639. The fourth-order valence-electron chi connectivity index (χ4n) is 1.64. The molecule has 0 aliphatic rings. The largest absolute Gasteiger partial charge is 0.465 e. The number of benzene rings is 2. The molecule has 4 nitrogen and oxygen atoms in total. The third-order valence-corrected chi connectivity index (χ3v) is 3.47. The first kappa shape index (κ1) is 15.6. The highest BCUT2D eigenvalue weighted by Crippen LogP contribution is 2.36. The van der Waals surface area contributed by atoms with Gasteiger partial charge in [0.25, 0.3) is 0 Å². The Morgan fingerprint density at radius 3 is 2.67 bits per heavy atom. The van der Waals surface area contributed by atoms with E-state index in [0.29, 0.717) is 11.4 Å². The molecule has 2 aromatic carbocycles. The summed E-state index contributed by atoms with van der Waals surface area (Å²) >= 11 is 9.11. The van der Waals surface area contributed by atoms with E-state index in [1.165, 1.54) is 37.4 Å². The first-order chi connectivity index (χ1) is 9.92. The molecular weight excluding hydrogens is 365 g/mol. The van der Waals surface area contributed by atoms with Crippen molar-refractivity contribution in [1.29, 1.82) is 0 Å². The summed E-state index contributed by atoms with van der Waals surface area (Å²) in [5.74, 6) is -0.671. The number of carbonyl (C=O) groups is 1. The summed E-state index contributed by atoms with van der Waals surface area (Å²) in [5, 5.41) is 0.149. The average molecular weight is 375 g/mol. The molecular formula is C14H10BrClFNO3. The number of hydrogen-bond donors (Lipinski definition) is 1. The number of esters is 1. The number of halogens is 3. The van der Waals surface area contributed by atoms with Crippen LogP contribution < -0.4 is 10.5 Å². The Morgan fingerprint density at radius 1 is 1.33 bits per heavy atom. The lowest BCUT2D eigenvalue weighted by atomic mass is 10.1. The topological polar surface area (TPSA) is 61.5 Å². The second-order valence-corrected chi connectivity index (χ2v) is 5.31. The normalized spacial score (nSPS) is 10.3. The summed E-state index contributed by atoms with van der Waals surface area (Å²) in [6, 6.07) is 6.90. The van der Waals surface area contributed by atoms with Gasteiger partial charge in [-0.2, -0.15) is 0 Å². The van der Waals surface area contributed by atoms with E-state index in [4.69, 9.17) is 22.1 Å². The fraction of sp³-hybridized carbons (Fsp3) is 0.0714. The molecule has 0 saturated carbocycles. The summed E-state index contributed by atoms with van der Waals surface area (Å²) in [6.45, 7) is 0. The standard InChI is InChI=1S/C14H10BrClFNO3/c1-20-14(19)9-4-7(18)5-11(16)13(9)21-8-2-3-12(17)10(15)6-8/h2-6H,18H2,1H3. The van der Waals surface area contributed by atoms with Crippen molar-refractivity contribution in [3.05, 3.63) is 51.2 Å². The highest BCUT2D eigenvalue weighted by Gasteiger charge is 2.18. The van der Waals surface area contributed by atoms with E-state index in [2.05, 4.69) is 20.7 Å². The molecule has 7 heteroatoms. The van der Waals surface area contributed by atoms with Crippen LogP contribution in [0, 0.1) is 5.82 Å². The second-order valence-electron chi connectivity index (χ2n) is 4.05. The van der Waals surface area contributed by atoms with Gasteiger partial charge in [-0.1, -0.05) is 11.6 Å². The van der Waals surface area contributed by atoms with Crippen LogP contribution in [-0.4, -0.2) is 13.1 Å². The lowest BCUT2D eigenvalue weighted by molar-refractivity contribution is 0.0598. The number of methoxy groups -OCH3 is 1. The Labute approximate surface area is 133 Å². The SMILES string of the molecule is COC(=O)c1cc(N)cc(Cl)c1Oc1ccc(F)c(Br)c1. The highest BCUT2D eigenvalue weighted by molar-refractivity contribution is 9.10. The van der Waals surface area contributed by atoms with Gasteiger partial charge in [-0.25, -0.2) is 9.18 Å². The van der Waals surface area contributed by atoms with Crippen LogP contribution >= 0.6 is 27.5 Å². The molecule has 0 heterocycles. The molecule has 0 aromatic heterocycles. The summed E-state index contributed by atoms with van der Waals surface area (Å²) in [6.07, 6.45) is 0. The van der Waals surface area contributed by atoms with Crippen molar-refractivity contribution in [2.24, 2.45) is 0 Å². The Balaban J connectivity index is 2.47. The molecule has 0 unspecified atom stereocenters. The van der Waals surface area contributed by atoms with Crippen LogP contribution in [0.4, 0.5) is 10.1 Å². The molecule has 21 heavy (non-hydrogen) atoms. The van der Waals surface area contributed by atoms with Gasteiger partial charge in [-0.05, 0) is 46.3 Å². The number of carbonyl (C=O) groups excluding carboxylic acids is 1. The van der Waals surface area contributed by atoms with Gasteiger partial charge in [0.1, 0.15) is 17.1 Å². The first-order valence-electron chi connectivity index (χ1n) is 5.72. The van der Waals surface area contributed by atoms with E-state index in [9.17, 15) is 9.18 Å². The number of nitrogens with two attached hydrogens (primary N) is 1. The zero-order chi connectivity index (χ0) is 15.6. The minimum absolute atomic E-state index is 0.0861. The van der Waals surface area contributed by atoms with Crippen molar-refractivity contribution >= 4 is 39.2 Å². The Hall–Kier alpha value is -1.79. The van der Waals surface area contributed by atoms with E-state index in [0.717, 1.165) is 0 Å². The number of anilines is 1. The zero-order valence-electron chi connectivity index (χ0n) is 10.8. The van der Waals surface area contributed by atoms with E-state index in [-0.39, 0.29) is 20.8 Å². The third-order valence-electron chi connectivity index (χ3n) is 2.58. The van der Waals surface area contributed by atoms with Crippen LogP contribution in [0.3, 0.4) is 0 Å². The Bertz CT molecular complexity index is 709. The molecule has 2 N–H and O–H groups in total. The molecule has 110 valence electrons. The Kier molecular flexibility index (Phi) is 4.69. The van der Waals surface area contributed by atoms with Gasteiger partial charge in [0.05, 0.1) is 16.6 Å². The van der Waals surface area contributed by atoms with E-state index in [1.807, 2.05) is 0 Å². The minimum Gasteiger partial charge on any atom is -0.465 e. The molecule has 0 bridgehead atoms. The molecule has 0 amide bonds. The number of ether oxygens (including phenoxy) is 2. The molecule has 0 saturated heterocycles. The Morgan fingerprint density at radius 2 is 2.05 bits per heavy atom. The van der Waals surface area contributed by atoms with Crippen molar-refractivity contribution in [3.8, 4) is 11.5 Å². The number of nitrogen functional groups attached to an aromatic ring is 1. The van der Waals surface area contributed by atoms with E-state index < -0.39 is 11.8 Å². The van der Waals surface area contributed by atoms with Gasteiger partial charge in [0.2, 0.25) is 0 Å². The minimum atomic E-state index is -0.639. The first-order valence-corrected chi connectivity index (χ1v) is 6.89. The van der Waals surface area contributed by atoms with Crippen molar-refractivity contribution in [1.82, 2.24) is 0 Å². The molecule has 2 aromatic rings. The van der Waals surface area contributed by atoms with E-state index >= 15 is 0 Å². The maximum Gasteiger partial charge on any atom is 0.341 e. The molecule has 0 aliphatic carbocycles. The lowest BCUT2D eigenvalue weighted by Gasteiger charge is -2.13. The van der Waals surface area contributed by atoms with Crippen LogP contribution in [0.25, 0.3) is 0 Å². The van der Waals surface area contributed by atoms with Gasteiger partial charge in [0, 0.05) is 5.69 Å².